The number of phenolic OH excluding ortho intramolecular Hbond substituents is 1. The largest absolute Gasteiger partial charge is 0.508 e. The number of benzene rings is 1. The molecule has 1 aromatic rings. The Balaban J connectivity index is 1.68. The van der Waals surface area contributed by atoms with Crippen molar-refractivity contribution in [1.29, 1.82) is 0 Å². The lowest BCUT2D eigenvalue weighted by atomic mass is 9.93. The van der Waals surface area contributed by atoms with Crippen LogP contribution in [0.3, 0.4) is 0 Å². The molecule has 2 heteroatoms. The lowest BCUT2D eigenvalue weighted by molar-refractivity contribution is 0.409. The highest BCUT2D eigenvalue weighted by atomic mass is 16.3. The fraction of sp³-hybridized carbons (Fsp3) is 0.750. The van der Waals surface area contributed by atoms with E-state index in [9.17, 15) is 5.11 Å². The van der Waals surface area contributed by atoms with E-state index in [1.165, 1.54) is 102 Å². The second kappa shape index (κ2) is 13.1. The summed E-state index contributed by atoms with van der Waals surface area (Å²) in [5.41, 5.74) is 1.22. The van der Waals surface area contributed by atoms with Crippen molar-refractivity contribution in [1.82, 2.24) is 0 Å². The monoisotopic (exact) mass is 359 g/mol. The molecule has 0 unspecified atom stereocenters. The molecule has 0 spiro atoms. The Morgan fingerprint density at radius 2 is 1.46 bits per heavy atom. The molecule has 0 amide bonds. The highest BCUT2D eigenvalue weighted by molar-refractivity contribution is 5.51. The van der Waals surface area contributed by atoms with Gasteiger partial charge in [-0.1, -0.05) is 90.0 Å². The summed E-state index contributed by atoms with van der Waals surface area (Å²) in [6, 6.07) is 8.56. The summed E-state index contributed by atoms with van der Waals surface area (Å²) in [5.74, 6) is 0.395. The molecule has 0 aromatic heterocycles. The van der Waals surface area contributed by atoms with Crippen molar-refractivity contribution in [3.05, 3.63) is 24.3 Å². The van der Waals surface area contributed by atoms with Crippen molar-refractivity contribution in [2.75, 3.05) is 11.4 Å². The standard InChI is InChI=1S/C24H41NO/c1-2-3-4-5-6-7-8-9-10-14-20-25(22-16-12-11-13-17-22)23-18-15-19-24(26)21-23/h15,18-19,21-22,26H,2-14,16-17,20H2,1H3. The van der Waals surface area contributed by atoms with Crippen LogP contribution in [0, 0.1) is 0 Å². The van der Waals surface area contributed by atoms with Gasteiger partial charge in [0.05, 0.1) is 0 Å². The van der Waals surface area contributed by atoms with Crippen LogP contribution in [0.15, 0.2) is 24.3 Å². The first-order chi connectivity index (χ1) is 12.8. The molecule has 26 heavy (non-hydrogen) atoms. The number of rotatable bonds is 13. The van der Waals surface area contributed by atoms with Crippen LogP contribution in [0.2, 0.25) is 0 Å². The Hall–Kier alpha value is -1.18. The van der Waals surface area contributed by atoms with Gasteiger partial charge in [-0.05, 0) is 31.4 Å². The van der Waals surface area contributed by atoms with Gasteiger partial charge in [0.15, 0.2) is 0 Å². The summed E-state index contributed by atoms with van der Waals surface area (Å²) in [7, 11) is 0. The minimum atomic E-state index is 0.395. The van der Waals surface area contributed by atoms with E-state index in [0.717, 1.165) is 6.54 Å². The van der Waals surface area contributed by atoms with Gasteiger partial charge in [-0.15, -0.1) is 0 Å². The van der Waals surface area contributed by atoms with E-state index < -0.39 is 0 Å². The Kier molecular flexibility index (Phi) is 10.6. The number of aromatic hydroxyl groups is 1. The van der Waals surface area contributed by atoms with Gasteiger partial charge in [-0.25, -0.2) is 0 Å². The first kappa shape index (κ1) is 21.1. The number of phenols is 1. The summed E-state index contributed by atoms with van der Waals surface area (Å²) in [6.45, 7) is 3.43. The first-order valence-electron chi connectivity index (χ1n) is 11.4. The predicted octanol–water partition coefficient (Wildman–Crippen LogP) is 7.45. The van der Waals surface area contributed by atoms with E-state index in [-0.39, 0.29) is 0 Å². The van der Waals surface area contributed by atoms with Gasteiger partial charge < -0.3 is 10.0 Å². The molecule has 0 aliphatic heterocycles. The Bertz CT molecular complexity index is 467. The van der Waals surface area contributed by atoms with Gasteiger partial charge in [-0.2, -0.15) is 0 Å². The molecule has 148 valence electrons. The normalized spacial score (nSPS) is 15.3. The van der Waals surface area contributed by atoms with E-state index in [4.69, 9.17) is 0 Å². The van der Waals surface area contributed by atoms with Crippen LogP contribution in [-0.2, 0) is 0 Å². The van der Waals surface area contributed by atoms with Crippen molar-refractivity contribution in [3.63, 3.8) is 0 Å². The fourth-order valence-corrected chi connectivity index (χ4v) is 4.36. The van der Waals surface area contributed by atoms with E-state index in [1.54, 1.807) is 6.07 Å². The number of unbranched alkanes of at least 4 members (excludes halogenated alkanes) is 9. The Morgan fingerprint density at radius 1 is 0.846 bits per heavy atom. The number of anilines is 1. The maximum Gasteiger partial charge on any atom is 0.117 e. The highest BCUT2D eigenvalue weighted by Gasteiger charge is 2.21. The average molecular weight is 360 g/mol. The van der Waals surface area contributed by atoms with Crippen LogP contribution in [0.25, 0.3) is 0 Å². The third-order valence-electron chi connectivity index (χ3n) is 5.93. The van der Waals surface area contributed by atoms with Crippen LogP contribution in [-0.4, -0.2) is 17.7 Å². The summed E-state index contributed by atoms with van der Waals surface area (Å²) in [5, 5.41) is 9.88. The maximum atomic E-state index is 9.88. The number of hydrogen-bond acceptors (Lipinski definition) is 2. The molecule has 0 radical (unpaired) electrons. The molecule has 0 saturated heterocycles. The molecule has 1 aromatic carbocycles. The smallest absolute Gasteiger partial charge is 0.117 e. The quantitative estimate of drug-likeness (QED) is 0.370. The fourth-order valence-electron chi connectivity index (χ4n) is 4.36. The molecule has 2 nitrogen and oxygen atoms in total. The van der Waals surface area contributed by atoms with E-state index in [0.29, 0.717) is 11.8 Å². The van der Waals surface area contributed by atoms with Crippen LogP contribution in [0.5, 0.6) is 5.75 Å². The summed E-state index contributed by atoms with van der Waals surface area (Å²) < 4.78 is 0. The zero-order chi connectivity index (χ0) is 18.5. The van der Waals surface area contributed by atoms with E-state index in [2.05, 4.69) is 17.9 Å². The molecule has 1 fully saturated rings. The molecule has 0 bridgehead atoms. The zero-order valence-electron chi connectivity index (χ0n) is 17.1. The van der Waals surface area contributed by atoms with Gasteiger partial charge in [0, 0.05) is 24.3 Å². The van der Waals surface area contributed by atoms with Crippen molar-refractivity contribution in [2.24, 2.45) is 0 Å². The van der Waals surface area contributed by atoms with Crippen LogP contribution >= 0.6 is 0 Å². The van der Waals surface area contributed by atoms with Gasteiger partial charge in [0.25, 0.3) is 0 Å². The molecule has 0 heterocycles. The lowest BCUT2D eigenvalue weighted by Crippen LogP contribution is -2.37. The zero-order valence-corrected chi connectivity index (χ0v) is 17.1. The molecule has 2 rings (SSSR count). The van der Waals surface area contributed by atoms with Gasteiger partial charge in [-0.3, -0.25) is 0 Å². The van der Waals surface area contributed by atoms with Crippen molar-refractivity contribution >= 4 is 5.69 Å². The van der Waals surface area contributed by atoms with Crippen molar-refractivity contribution < 1.29 is 5.11 Å². The average Bonchev–Trinajstić information content (AvgIpc) is 2.67. The van der Waals surface area contributed by atoms with E-state index in [1.807, 2.05) is 12.1 Å². The van der Waals surface area contributed by atoms with Crippen LogP contribution in [0.4, 0.5) is 5.69 Å². The van der Waals surface area contributed by atoms with Crippen LogP contribution < -0.4 is 4.90 Å². The first-order valence-corrected chi connectivity index (χ1v) is 11.4. The molecule has 1 aliphatic rings. The molecule has 1 saturated carbocycles. The maximum absolute atomic E-state index is 9.88. The highest BCUT2D eigenvalue weighted by Crippen LogP contribution is 2.29. The minimum Gasteiger partial charge on any atom is -0.508 e. The summed E-state index contributed by atoms with van der Waals surface area (Å²) in [6.07, 6.45) is 20.6. The Morgan fingerprint density at radius 3 is 2.08 bits per heavy atom. The third-order valence-corrected chi connectivity index (χ3v) is 5.93. The molecular formula is C24H41NO. The third kappa shape index (κ3) is 8.01. The Labute approximate surface area is 162 Å². The second-order valence-corrected chi connectivity index (χ2v) is 8.19. The molecular weight excluding hydrogens is 318 g/mol. The predicted molar refractivity (Wildman–Crippen MR) is 114 cm³/mol. The minimum absolute atomic E-state index is 0.395. The van der Waals surface area contributed by atoms with Crippen LogP contribution in [0.1, 0.15) is 103 Å². The lowest BCUT2D eigenvalue weighted by Gasteiger charge is -2.36. The number of nitrogens with zero attached hydrogens (tertiary/aromatic N) is 1. The molecule has 0 atom stereocenters. The van der Waals surface area contributed by atoms with E-state index >= 15 is 0 Å². The number of hydrogen-bond donors (Lipinski definition) is 1. The molecule has 1 N–H and O–H groups in total. The van der Waals surface area contributed by atoms with Crippen molar-refractivity contribution in [3.8, 4) is 5.75 Å². The topological polar surface area (TPSA) is 23.5 Å². The van der Waals surface area contributed by atoms with Gasteiger partial charge >= 0.3 is 0 Å². The molecule has 1 aliphatic carbocycles. The summed E-state index contributed by atoms with van der Waals surface area (Å²) >= 11 is 0. The van der Waals surface area contributed by atoms with Gasteiger partial charge in [0.1, 0.15) is 5.75 Å². The van der Waals surface area contributed by atoms with Gasteiger partial charge in [0.2, 0.25) is 0 Å². The van der Waals surface area contributed by atoms with Crippen molar-refractivity contribution in [2.45, 2.75) is 109 Å². The SMILES string of the molecule is CCCCCCCCCCCCN(c1cccc(O)c1)C1CCCCC1. The second-order valence-electron chi connectivity index (χ2n) is 8.19. The summed E-state index contributed by atoms with van der Waals surface area (Å²) in [4.78, 5) is 2.59.